The van der Waals surface area contributed by atoms with Gasteiger partial charge in [-0.25, -0.2) is 17.5 Å². The van der Waals surface area contributed by atoms with Crippen LogP contribution in [0.5, 0.6) is 0 Å². The largest absolute Gasteiger partial charge is 0.243 e. The van der Waals surface area contributed by atoms with E-state index in [9.17, 15) is 12.8 Å². The first-order chi connectivity index (χ1) is 9.36. The Kier molecular flexibility index (Phi) is 7.12. The highest BCUT2D eigenvalue weighted by atomic mass is 79.9. The first-order valence-corrected chi connectivity index (χ1v) is 9.12. The van der Waals surface area contributed by atoms with Gasteiger partial charge >= 0.3 is 0 Å². The normalized spacial score (nSPS) is 13.4. The zero-order valence-electron chi connectivity index (χ0n) is 11.8. The van der Waals surface area contributed by atoms with Gasteiger partial charge in [0, 0.05) is 10.5 Å². The number of hydrogen-bond donors (Lipinski definition) is 1. The molecule has 0 radical (unpaired) electrons. The van der Waals surface area contributed by atoms with Crippen LogP contribution in [-0.4, -0.2) is 14.5 Å². The highest BCUT2D eigenvalue weighted by molar-refractivity contribution is 9.10. The van der Waals surface area contributed by atoms with Gasteiger partial charge in [-0.15, -0.1) is 0 Å². The van der Waals surface area contributed by atoms with E-state index in [1.807, 2.05) is 0 Å². The maximum Gasteiger partial charge on any atom is 0.243 e. The predicted octanol–water partition coefficient (Wildman–Crippen LogP) is 4.23. The molecule has 1 N–H and O–H groups in total. The van der Waals surface area contributed by atoms with Crippen molar-refractivity contribution in [2.75, 3.05) is 0 Å². The van der Waals surface area contributed by atoms with E-state index in [4.69, 9.17) is 0 Å². The van der Waals surface area contributed by atoms with E-state index in [0.29, 0.717) is 4.47 Å². The summed E-state index contributed by atoms with van der Waals surface area (Å²) in [5, 5.41) is 0. The molecule has 0 saturated carbocycles. The smallest absolute Gasteiger partial charge is 0.208 e. The zero-order chi connectivity index (χ0) is 15.2. The number of sulfonamides is 1. The van der Waals surface area contributed by atoms with Crippen molar-refractivity contribution in [2.24, 2.45) is 0 Å². The van der Waals surface area contributed by atoms with Crippen molar-refractivity contribution in [3.05, 3.63) is 28.5 Å². The van der Waals surface area contributed by atoms with Crippen molar-refractivity contribution in [3.63, 3.8) is 0 Å². The van der Waals surface area contributed by atoms with E-state index in [2.05, 4.69) is 27.6 Å². The van der Waals surface area contributed by atoms with E-state index in [1.54, 1.807) is 6.92 Å². The van der Waals surface area contributed by atoms with E-state index < -0.39 is 15.8 Å². The third-order valence-electron chi connectivity index (χ3n) is 3.03. The molecule has 3 nitrogen and oxygen atoms in total. The Morgan fingerprint density at radius 1 is 1.30 bits per heavy atom. The highest BCUT2D eigenvalue weighted by Gasteiger charge is 2.21. The Balaban J connectivity index is 2.65. The van der Waals surface area contributed by atoms with Crippen molar-refractivity contribution < 1.29 is 12.8 Å². The van der Waals surface area contributed by atoms with E-state index in [0.717, 1.165) is 38.2 Å². The molecule has 0 saturated heterocycles. The molecule has 0 bridgehead atoms. The number of benzene rings is 1. The van der Waals surface area contributed by atoms with Crippen molar-refractivity contribution in [3.8, 4) is 0 Å². The zero-order valence-corrected chi connectivity index (χ0v) is 14.2. The molecule has 114 valence electrons. The number of hydrogen-bond acceptors (Lipinski definition) is 2. The van der Waals surface area contributed by atoms with Gasteiger partial charge in [-0.1, -0.05) is 48.5 Å². The van der Waals surface area contributed by atoms with Crippen LogP contribution in [0.25, 0.3) is 0 Å². The van der Waals surface area contributed by atoms with Crippen molar-refractivity contribution >= 4 is 26.0 Å². The minimum Gasteiger partial charge on any atom is -0.208 e. The highest BCUT2D eigenvalue weighted by Crippen LogP contribution is 2.20. The summed E-state index contributed by atoms with van der Waals surface area (Å²) >= 11 is 3.11. The minimum atomic E-state index is -3.80. The van der Waals surface area contributed by atoms with Crippen molar-refractivity contribution in [2.45, 2.75) is 56.9 Å². The molecule has 0 spiro atoms. The van der Waals surface area contributed by atoms with E-state index in [1.165, 1.54) is 12.1 Å². The van der Waals surface area contributed by atoms with Crippen LogP contribution in [0.3, 0.4) is 0 Å². The van der Waals surface area contributed by atoms with Crippen LogP contribution < -0.4 is 4.72 Å². The fourth-order valence-electron chi connectivity index (χ4n) is 1.96. The minimum absolute atomic E-state index is 0.195. The summed E-state index contributed by atoms with van der Waals surface area (Å²) in [4.78, 5) is -0.305. The van der Waals surface area contributed by atoms with Gasteiger partial charge in [0.15, 0.2) is 0 Å². The molecule has 0 aliphatic heterocycles. The Hall–Kier alpha value is -0.460. The fourth-order valence-corrected chi connectivity index (χ4v) is 3.63. The van der Waals surface area contributed by atoms with Crippen LogP contribution in [0.4, 0.5) is 4.39 Å². The maximum absolute atomic E-state index is 13.7. The lowest BCUT2D eigenvalue weighted by molar-refractivity contribution is 0.515. The van der Waals surface area contributed by atoms with Crippen LogP contribution in [0.15, 0.2) is 27.6 Å². The summed E-state index contributed by atoms with van der Waals surface area (Å²) in [7, 11) is -3.80. The predicted molar refractivity (Wildman–Crippen MR) is 82.6 cm³/mol. The number of unbranched alkanes of at least 4 members (excludes halogenated alkanes) is 3. The van der Waals surface area contributed by atoms with Gasteiger partial charge in [0.25, 0.3) is 0 Å². The Morgan fingerprint density at radius 2 is 2.00 bits per heavy atom. The SMILES string of the molecule is CCCCCCC(C)NS(=O)(=O)c1ccc(Br)cc1F. The molecule has 1 rings (SSSR count). The number of halogens is 2. The van der Waals surface area contributed by atoms with Gasteiger partial charge in [0.2, 0.25) is 10.0 Å². The standard InChI is InChI=1S/C14H21BrFNO2S/c1-3-4-5-6-7-11(2)17-20(18,19)14-9-8-12(15)10-13(14)16/h8-11,17H,3-7H2,1-2H3. The molecule has 0 heterocycles. The summed E-state index contributed by atoms with van der Waals surface area (Å²) in [5.74, 6) is -0.745. The molecule has 0 aliphatic carbocycles. The quantitative estimate of drug-likeness (QED) is 0.700. The molecule has 1 atom stereocenters. The van der Waals surface area contributed by atoms with Gasteiger partial charge < -0.3 is 0 Å². The van der Waals surface area contributed by atoms with Gasteiger partial charge in [-0.05, 0) is 31.5 Å². The van der Waals surface area contributed by atoms with Crippen LogP contribution >= 0.6 is 15.9 Å². The molecule has 0 fully saturated rings. The molecule has 0 amide bonds. The van der Waals surface area contributed by atoms with Crippen molar-refractivity contribution in [1.82, 2.24) is 4.72 Å². The first kappa shape index (κ1) is 17.6. The second-order valence-corrected chi connectivity index (χ2v) is 7.54. The van der Waals surface area contributed by atoms with E-state index in [-0.39, 0.29) is 10.9 Å². The third-order valence-corrected chi connectivity index (χ3v) is 5.15. The lowest BCUT2D eigenvalue weighted by Gasteiger charge is -2.14. The summed E-state index contributed by atoms with van der Waals surface area (Å²) in [6.07, 6.45) is 5.12. The summed E-state index contributed by atoms with van der Waals surface area (Å²) in [6.45, 7) is 3.93. The topological polar surface area (TPSA) is 46.2 Å². The second kappa shape index (κ2) is 8.10. The lowest BCUT2D eigenvalue weighted by Crippen LogP contribution is -2.33. The molecule has 6 heteroatoms. The summed E-state index contributed by atoms with van der Waals surface area (Å²) < 4.78 is 40.9. The molecular formula is C14H21BrFNO2S. The molecule has 1 aromatic carbocycles. The van der Waals surface area contributed by atoms with Crippen LogP contribution in [0.2, 0.25) is 0 Å². The van der Waals surface area contributed by atoms with Gasteiger partial charge in [-0.3, -0.25) is 0 Å². The summed E-state index contributed by atoms with van der Waals surface area (Å²) in [5.41, 5.74) is 0. The van der Waals surface area contributed by atoms with Crippen LogP contribution in [0.1, 0.15) is 46.0 Å². The Morgan fingerprint density at radius 3 is 2.60 bits per heavy atom. The fraction of sp³-hybridized carbons (Fsp3) is 0.571. The Labute approximate surface area is 129 Å². The van der Waals surface area contributed by atoms with Crippen molar-refractivity contribution in [1.29, 1.82) is 0 Å². The van der Waals surface area contributed by atoms with Gasteiger partial charge in [0.1, 0.15) is 10.7 Å². The van der Waals surface area contributed by atoms with E-state index >= 15 is 0 Å². The monoisotopic (exact) mass is 365 g/mol. The van der Waals surface area contributed by atoms with Gasteiger partial charge in [0.05, 0.1) is 0 Å². The Bertz CT molecular complexity index is 534. The average molecular weight is 366 g/mol. The third kappa shape index (κ3) is 5.50. The molecule has 1 aromatic rings. The number of nitrogens with one attached hydrogen (secondary N) is 1. The maximum atomic E-state index is 13.7. The van der Waals surface area contributed by atoms with Crippen LogP contribution in [0, 0.1) is 5.82 Å². The first-order valence-electron chi connectivity index (χ1n) is 6.84. The van der Waals surface area contributed by atoms with Crippen LogP contribution in [-0.2, 0) is 10.0 Å². The number of rotatable bonds is 8. The lowest BCUT2D eigenvalue weighted by atomic mass is 10.1. The molecular weight excluding hydrogens is 345 g/mol. The molecule has 0 aliphatic rings. The molecule has 0 aromatic heterocycles. The summed E-state index contributed by atoms with van der Waals surface area (Å²) in [6, 6.07) is 3.75. The van der Waals surface area contributed by atoms with Gasteiger partial charge in [-0.2, -0.15) is 0 Å². The molecule has 1 unspecified atom stereocenters. The molecule has 20 heavy (non-hydrogen) atoms. The average Bonchev–Trinajstić information content (AvgIpc) is 2.33. The second-order valence-electron chi connectivity index (χ2n) is 4.95.